The average molecular weight is 278 g/mol. The number of nitrogens with zero attached hydrogens (tertiary/aromatic N) is 1. The Morgan fingerprint density at radius 2 is 2.00 bits per heavy atom. The van der Waals surface area contributed by atoms with Crippen molar-refractivity contribution < 1.29 is 14.7 Å². The highest BCUT2D eigenvalue weighted by Crippen LogP contribution is 2.26. The molecule has 0 saturated heterocycles. The molecule has 5 heteroatoms. The molecule has 1 heterocycles. The normalized spacial score (nSPS) is 10.5. The fourth-order valence-corrected chi connectivity index (χ4v) is 2.05. The van der Waals surface area contributed by atoms with Crippen LogP contribution in [0.3, 0.4) is 0 Å². The Bertz CT molecular complexity index is 673. The van der Waals surface area contributed by atoms with E-state index in [9.17, 15) is 14.7 Å². The Morgan fingerprint density at radius 1 is 1.32 bits per heavy atom. The molecule has 1 aromatic heterocycles. The molecule has 1 aromatic carbocycles. The number of ketones is 1. The van der Waals surface area contributed by atoms with Gasteiger partial charge >= 0.3 is 5.97 Å². The SMILES string of the molecule is CC(=O)c1cc(C(=O)O)n(-c2cccc(C)c2Cl)c1. The van der Waals surface area contributed by atoms with E-state index in [1.54, 1.807) is 12.1 Å². The summed E-state index contributed by atoms with van der Waals surface area (Å²) >= 11 is 6.19. The van der Waals surface area contributed by atoms with E-state index in [2.05, 4.69) is 0 Å². The average Bonchev–Trinajstić information content (AvgIpc) is 2.77. The molecule has 4 nitrogen and oxygen atoms in total. The number of Topliss-reactive ketones (excluding diaryl/α,β-unsaturated/α-hetero) is 1. The predicted octanol–water partition coefficient (Wildman–Crippen LogP) is 3.34. The van der Waals surface area contributed by atoms with Crippen molar-refractivity contribution in [1.82, 2.24) is 4.57 Å². The number of carboxylic acid groups (broad SMARTS) is 1. The summed E-state index contributed by atoms with van der Waals surface area (Å²) in [6.45, 7) is 3.23. The third-order valence-corrected chi connectivity index (χ3v) is 3.37. The first-order valence-corrected chi connectivity index (χ1v) is 6.01. The highest BCUT2D eigenvalue weighted by molar-refractivity contribution is 6.33. The lowest BCUT2D eigenvalue weighted by molar-refractivity contribution is 0.0688. The van der Waals surface area contributed by atoms with Gasteiger partial charge in [-0.15, -0.1) is 0 Å². The van der Waals surface area contributed by atoms with Crippen LogP contribution in [0, 0.1) is 6.92 Å². The minimum atomic E-state index is -1.11. The Labute approximate surface area is 115 Å². The molecule has 0 unspecified atom stereocenters. The highest BCUT2D eigenvalue weighted by atomic mass is 35.5. The molecule has 2 rings (SSSR count). The predicted molar refractivity (Wildman–Crippen MR) is 72.5 cm³/mol. The first-order chi connectivity index (χ1) is 8.91. The van der Waals surface area contributed by atoms with Crippen LogP contribution in [0.5, 0.6) is 0 Å². The minimum Gasteiger partial charge on any atom is -0.477 e. The Morgan fingerprint density at radius 3 is 2.58 bits per heavy atom. The number of benzene rings is 1. The van der Waals surface area contributed by atoms with Gasteiger partial charge in [-0.1, -0.05) is 23.7 Å². The second-order valence-electron chi connectivity index (χ2n) is 4.25. The zero-order valence-corrected chi connectivity index (χ0v) is 11.2. The maximum absolute atomic E-state index is 11.4. The van der Waals surface area contributed by atoms with E-state index in [-0.39, 0.29) is 11.5 Å². The van der Waals surface area contributed by atoms with E-state index in [1.165, 1.54) is 23.8 Å². The third-order valence-electron chi connectivity index (χ3n) is 2.88. The van der Waals surface area contributed by atoms with Crippen molar-refractivity contribution in [1.29, 1.82) is 0 Å². The van der Waals surface area contributed by atoms with Crippen molar-refractivity contribution in [3.05, 3.63) is 52.3 Å². The number of aromatic carboxylic acids is 1. The monoisotopic (exact) mass is 277 g/mol. The van der Waals surface area contributed by atoms with E-state index in [0.29, 0.717) is 16.3 Å². The maximum atomic E-state index is 11.4. The van der Waals surface area contributed by atoms with Crippen LogP contribution in [-0.2, 0) is 0 Å². The van der Waals surface area contributed by atoms with Gasteiger partial charge in [-0.25, -0.2) is 4.79 Å². The van der Waals surface area contributed by atoms with Crippen molar-refractivity contribution in [3.63, 3.8) is 0 Å². The quantitative estimate of drug-likeness (QED) is 0.875. The number of carbonyl (C=O) groups is 2. The maximum Gasteiger partial charge on any atom is 0.352 e. The first kappa shape index (κ1) is 13.4. The Hall–Kier alpha value is -2.07. The molecule has 0 aliphatic rings. The topological polar surface area (TPSA) is 59.3 Å². The zero-order valence-electron chi connectivity index (χ0n) is 10.5. The van der Waals surface area contributed by atoms with Crippen molar-refractivity contribution in [2.75, 3.05) is 0 Å². The summed E-state index contributed by atoms with van der Waals surface area (Å²) in [6, 6.07) is 6.69. The van der Waals surface area contributed by atoms with Gasteiger partial charge < -0.3 is 9.67 Å². The van der Waals surface area contributed by atoms with Gasteiger partial charge in [0.2, 0.25) is 0 Å². The van der Waals surface area contributed by atoms with Gasteiger partial charge in [0.1, 0.15) is 5.69 Å². The zero-order chi connectivity index (χ0) is 14.2. The summed E-state index contributed by atoms with van der Waals surface area (Å²) in [4.78, 5) is 22.6. The van der Waals surface area contributed by atoms with Crippen LogP contribution < -0.4 is 0 Å². The number of hydrogen-bond donors (Lipinski definition) is 1. The summed E-state index contributed by atoms with van der Waals surface area (Å²) in [5.41, 5.74) is 1.74. The van der Waals surface area contributed by atoms with Crippen LogP contribution in [0.1, 0.15) is 33.3 Å². The van der Waals surface area contributed by atoms with Gasteiger partial charge in [0.15, 0.2) is 5.78 Å². The van der Waals surface area contributed by atoms with E-state index in [4.69, 9.17) is 11.6 Å². The van der Waals surface area contributed by atoms with Crippen LogP contribution in [0.25, 0.3) is 5.69 Å². The molecule has 0 saturated carbocycles. The van der Waals surface area contributed by atoms with E-state index in [1.807, 2.05) is 13.0 Å². The lowest BCUT2D eigenvalue weighted by Crippen LogP contribution is -2.06. The minimum absolute atomic E-state index is 0.0118. The van der Waals surface area contributed by atoms with Crippen LogP contribution in [0.2, 0.25) is 5.02 Å². The van der Waals surface area contributed by atoms with Gasteiger partial charge in [-0.3, -0.25) is 4.79 Å². The van der Waals surface area contributed by atoms with Crippen LogP contribution >= 0.6 is 11.6 Å². The Balaban J connectivity index is 2.70. The molecule has 0 aliphatic carbocycles. The summed E-state index contributed by atoms with van der Waals surface area (Å²) in [5.74, 6) is -1.30. The van der Waals surface area contributed by atoms with Crippen molar-refractivity contribution in [2.24, 2.45) is 0 Å². The molecule has 0 aliphatic heterocycles. The highest BCUT2D eigenvalue weighted by Gasteiger charge is 2.17. The van der Waals surface area contributed by atoms with Crippen LogP contribution in [-0.4, -0.2) is 21.4 Å². The molecular formula is C14H12ClNO3. The van der Waals surface area contributed by atoms with Crippen molar-refractivity contribution in [3.8, 4) is 5.69 Å². The van der Waals surface area contributed by atoms with Crippen LogP contribution in [0.15, 0.2) is 30.5 Å². The number of aromatic nitrogens is 1. The second kappa shape index (κ2) is 4.90. The van der Waals surface area contributed by atoms with E-state index in [0.717, 1.165) is 5.56 Å². The summed E-state index contributed by atoms with van der Waals surface area (Å²) < 4.78 is 1.42. The number of aryl methyl sites for hydroxylation is 1. The third kappa shape index (κ3) is 2.39. The molecule has 98 valence electrons. The largest absolute Gasteiger partial charge is 0.477 e. The molecule has 0 amide bonds. The molecule has 2 aromatic rings. The van der Waals surface area contributed by atoms with Gasteiger partial charge in [-0.2, -0.15) is 0 Å². The number of rotatable bonds is 3. The lowest BCUT2D eigenvalue weighted by atomic mass is 10.2. The smallest absolute Gasteiger partial charge is 0.352 e. The molecule has 0 spiro atoms. The van der Waals surface area contributed by atoms with Gasteiger partial charge in [-0.05, 0) is 31.5 Å². The molecule has 19 heavy (non-hydrogen) atoms. The van der Waals surface area contributed by atoms with Crippen molar-refractivity contribution >= 4 is 23.4 Å². The second-order valence-corrected chi connectivity index (χ2v) is 4.63. The lowest BCUT2D eigenvalue weighted by Gasteiger charge is -2.10. The molecular weight excluding hydrogens is 266 g/mol. The van der Waals surface area contributed by atoms with Crippen molar-refractivity contribution in [2.45, 2.75) is 13.8 Å². The number of hydrogen-bond acceptors (Lipinski definition) is 2. The molecule has 0 atom stereocenters. The molecule has 1 N–H and O–H groups in total. The number of carbonyl (C=O) groups excluding carboxylic acids is 1. The first-order valence-electron chi connectivity index (χ1n) is 5.64. The van der Waals surface area contributed by atoms with Gasteiger partial charge in [0, 0.05) is 11.8 Å². The number of carboxylic acids is 1. The summed E-state index contributed by atoms with van der Waals surface area (Å²) in [6.07, 6.45) is 1.49. The molecule has 0 radical (unpaired) electrons. The molecule has 0 bridgehead atoms. The summed E-state index contributed by atoms with van der Waals surface area (Å²) in [7, 11) is 0. The van der Waals surface area contributed by atoms with Crippen LogP contribution in [0.4, 0.5) is 0 Å². The summed E-state index contributed by atoms with van der Waals surface area (Å²) in [5, 5.41) is 9.68. The van der Waals surface area contributed by atoms with Gasteiger partial charge in [0.25, 0.3) is 0 Å². The molecule has 0 fully saturated rings. The van der Waals surface area contributed by atoms with E-state index < -0.39 is 5.97 Å². The fourth-order valence-electron chi connectivity index (χ4n) is 1.84. The fraction of sp³-hybridized carbons (Fsp3) is 0.143. The standard InChI is InChI=1S/C14H12ClNO3/c1-8-4-3-5-11(13(8)15)16-7-10(9(2)17)6-12(16)14(18)19/h3-7H,1-2H3,(H,18,19). The van der Waals surface area contributed by atoms with Gasteiger partial charge in [0.05, 0.1) is 10.7 Å². The van der Waals surface area contributed by atoms with E-state index >= 15 is 0 Å². The Kier molecular flexibility index (Phi) is 3.44. The number of halogens is 1.